The summed E-state index contributed by atoms with van der Waals surface area (Å²) in [6.07, 6.45) is 4.05. The van der Waals surface area contributed by atoms with Gasteiger partial charge in [0.2, 0.25) is 5.89 Å². The quantitative estimate of drug-likeness (QED) is 0.531. The third-order valence-electron chi connectivity index (χ3n) is 5.48. The Labute approximate surface area is 177 Å². The number of benzene rings is 2. The maximum Gasteiger partial charge on any atom is 0.240 e. The molecule has 3 aromatic rings. The highest BCUT2D eigenvalue weighted by Crippen LogP contribution is 2.22. The zero-order valence-corrected chi connectivity index (χ0v) is 17.5. The summed E-state index contributed by atoms with van der Waals surface area (Å²) >= 11 is 0. The first kappa shape index (κ1) is 20.4. The van der Waals surface area contributed by atoms with Crippen LogP contribution in [0.2, 0.25) is 0 Å². The highest BCUT2D eigenvalue weighted by molar-refractivity contribution is 5.32. The summed E-state index contributed by atoms with van der Waals surface area (Å²) in [4.78, 5) is 6.98. The molecule has 0 N–H and O–H groups in total. The molecule has 2 aromatic carbocycles. The molecular formula is C24H29N3O3. The van der Waals surface area contributed by atoms with Crippen LogP contribution in [-0.2, 0) is 19.4 Å². The normalized spacial score (nSPS) is 17.0. The first-order chi connectivity index (χ1) is 14.8. The molecule has 0 amide bonds. The summed E-state index contributed by atoms with van der Waals surface area (Å²) < 4.78 is 16.8. The van der Waals surface area contributed by atoms with Gasteiger partial charge in [-0.1, -0.05) is 41.6 Å². The van der Waals surface area contributed by atoms with Gasteiger partial charge < -0.3 is 14.0 Å². The van der Waals surface area contributed by atoms with E-state index in [0.717, 1.165) is 49.7 Å². The third-order valence-corrected chi connectivity index (χ3v) is 5.48. The number of piperidine rings is 1. The Morgan fingerprint density at radius 1 is 1.07 bits per heavy atom. The van der Waals surface area contributed by atoms with Gasteiger partial charge in [-0.15, -0.1) is 0 Å². The van der Waals surface area contributed by atoms with Crippen LogP contribution in [0.4, 0.5) is 0 Å². The Balaban J connectivity index is 1.24. The van der Waals surface area contributed by atoms with Crippen molar-refractivity contribution in [1.82, 2.24) is 15.0 Å². The molecule has 0 bridgehead atoms. The monoisotopic (exact) mass is 407 g/mol. The second kappa shape index (κ2) is 10.3. The second-order valence-electron chi connectivity index (χ2n) is 7.82. The molecule has 0 aliphatic carbocycles. The van der Waals surface area contributed by atoms with Crippen molar-refractivity contribution in [3.8, 4) is 11.5 Å². The molecule has 1 atom stereocenters. The Bertz CT molecular complexity index is 913. The smallest absolute Gasteiger partial charge is 0.240 e. The van der Waals surface area contributed by atoms with E-state index in [0.29, 0.717) is 25.0 Å². The Morgan fingerprint density at radius 3 is 2.80 bits per heavy atom. The molecule has 4 rings (SSSR count). The van der Waals surface area contributed by atoms with E-state index in [-0.39, 0.29) is 0 Å². The number of aryl methyl sites for hydroxylation is 2. The Morgan fingerprint density at radius 2 is 1.93 bits per heavy atom. The summed E-state index contributed by atoms with van der Waals surface area (Å²) in [7, 11) is 1.67. The number of likely N-dealkylation sites (tertiary alicyclic amines) is 1. The maximum absolute atomic E-state index is 6.01. The fourth-order valence-corrected chi connectivity index (χ4v) is 3.88. The number of hydrogen-bond donors (Lipinski definition) is 0. The molecule has 0 unspecified atom stereocenters. The predicted molar refractivity (Wildman–Crippen MR) is 115 cm³/mol. The molecule has 0 spiro atoms. The van der Waals surface area contributed by atoms with Gasteiger partial charge in [0.05, 0.1) is 20.3 Å². The van der Waals surface area contributed by atoms with Crippen molar-refractivity contribution in [2.45, 2.75) is 32.2 Å². The van der Waals surface area contributed by atoms with Crippen molar-refractivity contribution < 1.29 is 14.0 Å². The van der Waals surface area contributed by atoms with Gasteiger partial charge in [0.25, 0.3) is 0 Å². The third kappa shape index (κ3) is 5.83. The van der Waals surface area contributed by atoms with Crippen LogP contribution < -0.4 is 9.47 Å². The van der Waals surface area contributed by atoms with Crippen molar-refractivity contribution in [3.63, 3.8) is 0 Å². The van der Waals surface area contributed by atoms with Gasteiger partial charge in [-0.25, -0.2) is 0 Å². The Kier molecular flexibility index (Phi) is 6.98. The molecule has 6 heteroatoms. The van der Waals surface area contributed by atoms with Gasteiger partial charge >= 0.3 is 0 Å². The molecule has 1 saturated heterocycles. The molecule has 0 radical (unpaired) electrons. The van der Waals surface area contributed by atoms with Crippen molar-refractivity contribution >= 4 is 0 Å². The largest absolute Gasteiger partial charge is 0.497 e. The summed E-state index contributed by atoms with van der Waals surface area (Å²) in [6.45, 7) is 3.44. The fourth-order valence-electron chi connectivity index (χ4n) is 3.88. The molecule has 1 aliphatic heterocycles. The summed E-state index contributed by atoms with van der Waals surface area (Å²) in [5, 5.41) is 4.16. The molecule has 1 fully saturated rings. The van der Waals surface area contributed by atoms with Gasteiger partial charge in [0.15, 0.2) is 5.82 Å². The van der Waals surface area contributed by atoms with E-state index < -0.39 is 0 Å². The van der Waals surface area contributed by atoms with E-state index >= 15 is 0 Å². The lowest BCUT2D eigenvalue weighted by molar-refractivity contribution is 0.115. The van der Waals surface area contributed by atoms with E-state index in [9.17, 15) is 0 Å². The van der Waals surface area contributed by atoms with Gasteiger partial charge in [-0.05, 0) is 43.5 Å². The lowest BCUT2D eigenvalue weighted by Crippen LogP contribution is -2.37. The summed E-state index contributed by atoms with van der Waals surface area (Å²) in [6, 6.07) is 18.2. The molecular weight excluding hydrogens is 378 g/mol. The zero-order chi connectivity index (χ0) is 20.6. The van der Waals surface area contributed by atoms with Crippen molar-refractivity contribution in [3.05, 3.63) is 71.9 Å². The Hall–Kier alpha value is -2.86. The molecule has 2 heterocycles. The molecule has 1 aliphatic rings. The average Bonchev–Trinajstić information content (AvgIpc) is 3.24. The van der Waals surface area contributed by atoms with Gasteiger partial charge in [0, 0.05) is 24.9 Å². The first-order valence-electron chi connectivity index (χ1n) is 10.6. The van der Waals surface area contributed by atoms with Crippen molar-refractivity contribution in [2.75, 3.05) is 26.8 Å². The zero-order valence-electron chi connectivity index (χ0n) is 17.5. The van der Waals surface area contributed by atoms with Gasteiger partial charge in [-0.3, -0.25) is 4.90 Å². The van der Waals surface area contributed by atoms with E-state index in [1.165, 1.54) is 12.0 Å². The minimum absolute atomic E-state index is 0.491. The first-order valence-corrected chi connectivity index (χ1v) is 10.6. The van der Waals surface area contributed by atoms with E-state index in [1.54, 1.807) is 7.11 Å². The van der Waals surface area contributed by atoms with E-state index in [2.05, 4.69) is 39.3 Å². The SMILES string of the molecule is COc1cccc(OC[C@H]2CCCN(Cc3nc(CCc4ccccc4)no3)C2)c1. The highest BCUT2D eigenvalue weighted by atomic mass is 16.5. The summed E-state index contributed by atoms with van der Waals surface area (Å²) in [5.74, 6) is 3.64. The molecule has 1 aromatic heterocycles. The minimum Gasteiger partial charge on any atom is -0.497 e. The van der Waals surface area contributed by atoms with Gasteiger partial charge in [0.1, 0.15) is 11.5 Å². The highest BCUT2D eigenvalue weighted by Gasteiger charge is 2.22. The van der Waals surface area contributed by atoms with E-state index in [4.69, 9.17) is 14.0 Å². The minimum atomic E-state index is 0.491. The predicted octanol–water partition coefficient (Wildman–Crippen LogP) is 4.15. The van der Waals surface area contributed by atoms with Crippen LogP contribution in [0, 0.1) is 5.92 Å². The van der Waals surface area contributed by atoms with Crippen molar-refractivity contribution in [1.29, 1.82) is 0 Å². The van der Waals surface area contributed by atoms with Crippen LogP contribution in [0.1, 0.15) is 30.1 Å². The molecule has 30 heavy (non-hydrogen) atoms. The number of aromatic nitrogens is 2. The van der Waals surface area contributed by atoms with Crippen LogP contribution in [-0.4, -0.2) is 41.8 Å². The second-order valence-corrected chi connectivity index (χ2v) is 7.82. The van der Waals surface area contributed by atoms with Crippen LogP contribution in [0.25, 0.3) is 0 Å². The lowest BCUT2D eigenvalue weighted by atomic mass is 9.99. The van der Waals surface area contributed by atoms with Crippen LogP contribution in [0.3, 0.4) is 0 Å². The average molecular weight is 408 g/mol. The standard InChI is InChI=1S/C24H29N3O3/c1-28-21-10-5-11-22(15-21)29-18-20-9-6-14-27(16-20)17-24-25-23(26-30-24)13-12-19-7-3-2-4-8-19/h2-5,7-8,10-11,15,20H,6,9,12-14,16-18H2,1H3/t20-/m0/s1. The van der Waals surface area contributed by atoms with Crippen molar-refractivity contribution in [2.24, 2.45) is 5.92 Å². The summed E-state index contributed by atoms with van der Waals surface area (Å²) in [5.41, 5.74) is 1.29. The number of nitrogens with zero attached hydrogens (tertiary/aromatic N) is 3. The van der Waals surface area contributed by atoms with Crippen LogP contribution in [0.15, 0.2) is 59.1 Å². The number of ether oxygens (including phenoxy) is 2. The van der Waals surface area contributed by atoms with Crippen LogP contribution >= 0.6 is 0 Å². The maximum atomic E-state index is 6.01. The molecule has 0 saturated carbocycles. The topological polar surface area (TPSA) is 60.6 Å². The molecule has 158 valence electrons. The fraction of sp³-hybridized carbons (Fsp3) is 0.417. The number of rotatable bonds is 9. The van der Waals surface area contributed by atoms with E-state index in [1.807, 2.05) is 30.3 Å². The lowest BCUT2D eigenvalue weighted by Gasteiger charge is -2.31. The molecule has 6 nitrogen and oxygen atoms in total. The number of methoxy groups -OCH3 is 1. The number of hydrogen-bond acceptors (Lipinski definition) is 6. The van der Waals surface area contributed by atoms with Gasteiger partial charge in [-0.2, -0.15) is 4.98 Å². The van der Waals surface area contributed by atoms with Crippen LogP contribution in [0.5, 0.6) is 11.5 Å².